The minimum Gasteiger partial charge on any atom is -0.354 e. The lowest BCUT2D eigenvalue weighted by atomic mass is 10.1. The third-order valence-electron chi connectivity index (χ3n) is 4.00. The molecule has 0 aromatic heterocycles. The third-order valence-corrected chi connectivity index (χ3v) is 4.00. The molecule has 132 valence electrons. The van der Waals surface area contributed by atoms with Crippen molar-refractivity contribution in [2.45, 2.75) is 27.2 Å². The Morgan fingerprint density at radius 1 is 1.12 bits per heavy atom. The summed E-state index contributed by atoms with van der Waals surface area (Å²) in [6.07, 6.45) is -0.0176. The topological polar surface area (TPSA) is 49.4 Å². The fourth-order valence-electron chi connectivity index (χ4n) is 2.64. The van der Waals surface area contributed by atoms with Gasteiger partial charge in [0.2, 0.25) is 11.8 Å². The summed E-state index contributed by atoms with van der Waals surface area (Å²) in [5.74, 6) is -0.745. The summed E-state index contributed by atoms with van der Waals surface area (Å²) in [6, 6.07) is 12.1. The van der Waals surface area contributed by atoms with Crippen molar-refractivity contribution in [3.05, 3.63) is 65.0 Å². The van der Waals surface area contributed by atoms with Crippen LogP contribution in [-0.4, -0.2) is 24.9 Å². The van der Waals surface area contributed by atoms with Crippen molar-refractivity contribution in [1.82, 2.24) is 5.32 Å². The molecule has 2 aromatic carbocycles. The highest BCUT2D eigenvalue weighted by Gasteiger charge is 2.14. The summed E-state index contributed by atoms with van der Waals surface area (Å²) < 4.78 is 13.6. The van der Waals surface area contributed by atoms with Gasteiger partial charge in [-0.1, -0.05) is 30.3 Å². The van der Waals surface area contributed by atoms with Crippen LogP contribution in [0.4, 0.5) is 10.1 Å². The molecule has 0 fully saturated rings. The van der Waals surface area contributed by atoms with Crippen LogP contribution in [0, 0.1) is 19.7 Å². The molecule has 1 N–H and O–H groups in total. The Morgan fingerprint density at radius 2 is 1.84 bits per heavy atom. The van der Waals surface area contributed by atoms with Crippen LogP contribution < -0.4 is 10.2 Å². The zero-order valence-corrected chi connectivity index (χ0v) is 14.8. The Bertz CT molecular complexity index is 774. The summed E-state index contributed by atoms with van der Waals surface area (Å²) >= 11 is 0. The molecule has 0 spiro atoms. The van der Waals surface area contributed by atoms with E-state index in [0.717, 1.165) is 16.8 Å². The summed E-state index contributed by atoms with van der Waals surface area (Å²) in [5.41, 5.74) is 3.27. The quantitative estimate of drug-likeness (QED) is 0.877. The maximum absolute atomic E-state index is 13.6. The number of amides is 2. The normalized spacial score (nSPS) is 10.4. The molecule has 2 amide bonds. The summed E-state index contributed by atoms with van der Waals surface area (Å²) in [5, 5.41) is 2.75. The zero-order chi connectivity index (χ0) is 18.4. The number of carbonyl (C=O) groups excluding carboxylic acids is 2. The average molecular weight is 342 g/mol. The SMILES string of the molecule is CC(=O)N(CCNC(=O)Cc1ccccc1F)c1cc(C)ccc1C. The summed E-state index contributed by atoms with van der Waals surface area (Å²) in [4.78, 5) is 25.6. The maximum atomic E-state index is 13.6. The van der Waals surface area contributed by atoms with Crippen LogP contribution in [-0.2, 0) is 16.0 Å². The first-order valence-corrected chi connectivity index (χ1v) is 8.24. The van der Waals surface area contributed by atoms with Gasteiger partial charge in [-0.05, 0) is 42.7 Å². The molecule has 0 aliphatic rings. The van der Waals surface area contributed by atoms with E-state index in [0.29, 0.717) is 18.7 Å². The molecule has 0 bridgehead atoms. The smallest absolute Gasteiger partial charge is 0.224 e. The molecule has 0 heterocycles. The molecule has 0 atom stereocenters. The first-order chi connectivity index (χ1) is 11.9. The lowest BCUT2D eigenvalue weighted by Gasteiger charge is -2.23. The van der Waals surface area contributed by atoms with E-state index in [1.54, 1.807) is 23.1 Å². The highest BCUT2D eigenvalue weighted by atomic mass is 19.1. The van der Waals surface area contributed by atoms with Crippen molar-refractivity contribution in [2.24, 2.45) is 0 Å². The molecule has 2 aromatic rings. The Hall–Kier alpha value is -2.69. The Labute approximate surface area is 147 Å². The Kier molecular flexibility index (Phi) is 6.28. The number of aryl methyl sites for hydroxylation is 2. The van der Waals surface area contributed by atoms with Gasteiger partial charge < -0.3 is 10.2 Å². The average Bonchev–Trinajstić information content (AvgIpc) is 2.56. The Balaban J connectivity index is 1.96. The van der Waals surface area contributed by atoms with Crippen molar-refractivity contribution in [3.8, 4) is 0 Å². The minimum atomic E-state index is -0.390. The van der Waals surface area contributed by atoms with Gasteiger partial charge in [-0.3, -0.25) is 9.59 Å². The number of carbonyl (C=O) groups is 2. The third kappa shape index (κ3) is 5.14. The lowest BCUT2D eigenvalue weighted by Crippen LogP contribution is -2.38. The molecule has 0 aliphatic carbocycles. The van der Waals surface area contributed by atoms with E-state index < -0.39 is 5.82 Å². The first kappa shape index (κ1) is 18.6. The van der Waals surface area contributed by atoms with Crippen LogP contribution in [0.5, 0.6) is 0 Å². The lowest BCUT2D eigenvalue weighted by molar-refractivity contribution is -0.121. The number of rotatable bonds is 6. The molecule has 0 saturated carbocycles. The minimum absolute atomic E-state index is 0.0176. The predicted molar refractivity (Wildman–Crippen MR) is 97.1 cm³/mol. The van der Waals surface area contributed by atoms with Gasteiger partial charge in [0.25, 0.3) is 0 Å². The highest BCUT2D eigenvalue weighted by Crippen LogP contribution is 2.21. The summed E-state index contributed by atoms with van der Waals surface area (Å²) in [6.45, 7) is 6.09. The molecule has 0 saturated heterocycles. The van der Waals surface area contributed by atoms with Crippen LogP contribution in [0.15, 0.2) is 42.5 Å². The van der Waals surface area contributed by atoms with Crippen molar-refractivity contribution in [3.63, 3.8) is 0 Å². The number of nitrogens with zero attached hydrogens (tertiary/aromatic N) is 1. The van der Waals surface area contributed by atoms with E-state index in [1.165, 1.54) is 13.0 Å². The van der Waals surface area contributed by atoms with Crippen molar-refractivity contribution < 1.29 is 14.0 Å². The standard InChI is InChI=1S/C20H23FN2O2/c1-14-8-9-15(2)19(12-14)23(16(3)24)11-10-22-20(25)13-17-6-4-5-7-18(17)21/h4-9,12H,10-11,13H2,1-3H3,(H,22,25). The fourth-order valence-corrected chi connectivity index (χ4v) is 2.64. The molecular weight excluding hydrogens is 319 g/mol. The molecule has 0 unspecified atom stereocenters. The highest BCUT2D eigenvalue weighted by molar-refractivity contribution is 5.92. The van der Waals surface area contributed by atoms with Crippen LogP contribution in [0.25, 0.3) is 0 Å². The molecule has 25 heavy (non-hydrogen) atoms. The van der Waals surface area contributed by atoms with Crippen molar-refractivity contribution in [1.29, 1.82) is 0 Å². The first-order valence-electron chi connectivity index (χ1n) is 8.24. The molecular formula is C20H23FN2O2. The number of halogens is 1. The van der Waals surface area contributed by atoms with E-state index >= 15 is 0 Å². The molecule has 0 radical (unpaired) electrons. The van der Waals surface area contributed by atoms with Crippen molar-refractivity contribution in [2.75, 3.05) is 18.0 Å². The zero-order valence-electron chi connectivity index (χ0n) is 14.8. The van der Waals surface area contributed by atoms with Gasteiger partial charge in [0.05, 0.1) is 6.42 Å². The van der Waals surface area contributed by atoms with E-state index in [9.17, 15) is 14.0 Å². The molecule has 2 rings (SSSR count). The number of nitrogens with one attached hydrogen (secondary N) is 1. The van der Waals surface area contributed by atoms with E-state index in [2.05, 4.69) is 5.32 Å². The van der Waals surface area contributed by atoms with Gasteiger partial charge in [0, 0.05) is 25.7 Å². The molecule has 4 nitrogen and oxygen atoms in total. The Morgan fingerprint density at radius 3 is 2.52 bits per heavy atom. The van der Waals surface area contributed by atoms with Crippen LogP contribution in [0.2, 0.25) is 0 Å². The van der Waals surface area contributed by atoms with Gasteiger partial charge in [-0.25, -0.2) is 4.39 Å². The second kappa shape index (κ2) is 8.42. The predicted octanol–water partition coefficient (Wildman–Crippen LogP) is 3.15. The van der Waals surface area contributed by atoms with Gasteiger partial charge >= 0.3 is 0 Å². The number of hydrogen-bond donors (Lipinski definition) is 1. The number of hydrogen-bond acceptors (Lipinski definition) is 2. The maximum Gasteiger partial charge on any atom is 0.224 e. The fraction of sp³-hybridized carbons (Fsp3) is 0.300. The largest absolute Gasteiger partial charge is 0.354 e. The van der Waals surface area contributed by atoms with E-state index in [1.807, 2.05) is 32.0 Å². The summed E-state index contributed by atoms with van der Waals surface area (Å²) in [7, 11) is 0. The van der Waals surface area contributed by atoms with E-state index in [4.69, 9.17) is 0 Å². The van der Waals surface area contributed by atoms with Gasteiger partial charge in [0.1, 0.15) is 5.82 Å². The van der Waals surface area contributed by atoms with Gasteiger partial charge in [-0.15, -0.1) is 0 Å². The number of anilines is 1. The van der Waals surface area contributed by atoms with Crippen molar-refractivity contribution >= 4 is 17.5 Å². The second-order valence-corrected chi connectivity index (χ2v) is 6.08. The van der Waals surface area contributed by atoms with Gasteiger partial charge in [0.15, 0.2) is 0 Å². The van der Waals surface area contributed by atoms with Crippen LogP contribution in [0.1, 0.15) is 23.6 Å². The van der Waals surface area contributed by atoms with E-state index in [-0.39, 0.29) is 18.2 Å². The number of benzene rings is 2. The van der Waals surface area contributed by atoms with Crippen LogP contribution in [0.3, 0.4) is 0 Å². The van der Waals surface area contributed by atoms with Crippen LogP contribution >= 0.6 is 0 Å². The molecule has 0 aliphatic heterocycles. The van der Waals surface area contributed by atoms with Gasteiger partial charge in [-0.2, -0.15) is 0 Å². The monoisotopic (exact) mass is 342 g/mol. The molecule has 5 heteroatoms. The second-order valence-electron chi connectivity index (χ2n) is 6.08.